The molecule has 3 N–H and O–H groups in total. The van der Waals surface area contributed by atoms with Crippen molar-refractivity contribution in [1.82, 2.24) is 10.6 Å². The van der Waals surface area contributed by atoms with E-state index in [1.807, 2.05) is 0 Å². The Morgan fingerprint density at radius 1 is 1.40 bits per heavy atom. The first-order valence-corrected chi connectivity index (χ1v) is 7.34. The van der Waals surface area contributed by atoms with E-state index in [1.165, 1.54) is 0 Å². The summed E-state index contributed by atoms with van der Waals surface area (Å²) in [7, 11) is 1.65. The fraction of sp³-hybridized carbons (Fsp3) is 0.929. The number of nitrogens with one attached hydrogen (secondary N) is 2. The van der Waals surface area contributed by atoms with E-state index < -0.39 is 0 Å². The molecule has 0 aromatic heterocycles. The van der Waals surface area contributed by atoms with Crippen LogP contribution in [-0.2, 0) is 9.53 Å². The number of methoxy groups -OCH3 is 1. The highest BCUT2D eigenvalue weighted by Crippen LogP contribution is 2.30. The van der Waals surface area contributed by atoms with Gasteiger partial charge in [0.05, 0.1) is 18.1 Å². The summed E-state index contributed by atoms with van der Waals surface area (Å²) in [6.45, 7) is 2.80. The molecule has 1 amide bonds. The van der Waals surface area contributed by atoms with Crippen molar-refractivity contribution in [3.63, 3.8) is 0 Å². The van der Waals surface area contributed by atoms with Crippen LogP contribution >= 0.6 is 12.4 Å². The van der Waals surface area contributed by atoms with Crippen molar-refractivity contribution in [1.29, 1.82) is 0 Å². The molecule has 20 heavy (non-hydrogen) atoms. The van der Waals surface area contributed by atoms with Crippen molar-refractivity contribution < 1.29 is 14.6 Å². The number of ether oxygens (including phenoxy) is 1. The second-order valence-corrected chi connectivity index (χ2v) is 5.93. The Labute approximate surface area is 127 Å². The van der Waals surface area contributed by atoms with Gasteiger partial charge in [0.2, 0.25) is 5.91 Å². The van der Waals surface area contributed by atoms with Crippen LogP contribution in [0.2, 0.25) is 0 Å². The molecule has 2 fully saturated rings. The lowest BCUT2D eigenvalue weighted by atomic mass is 9.78. The summed E-state index contributed by atoms with van der Waals surface area (Å²) >= 11 is 0. The lowest BCUT2D eigenvalue weighted by Gasteiger charge is -2.36. The fourth-order valence-corrected chi connectivity index (χ4v) is 3.29. The van der Waals surface area contributed by atoms with Gasteiger partial charge in [0.25, 0.3) is 0 Å². The van der Waals surface area contributed by atoms with Gasteiger partial charge in [-0.05, 0) is 38.8 Å². The van der Waals surface area contributed by atoms with Crippen LogP contribution in [0.15, 0.2) is 0 Å². The summed E-state index contributed by atoms with van der Waals surface area (Å²) in [6, 6.07) is 0. The molecule has 6 heteroatoms. The van der Waals surface area contributed by atoms with Gasteiger partial charge in [0.1, 0.15) is 0 Å². The summed E-state index contributed by atoms with van der Waals surface area (Å²) in [5.74, 6) is 0.320. The first kappa shape index (κ1) is 17.7. The van der Waals surface area contributed by atoms with Crippen LogP contribution in [0.1, 0.15) is 32.1 Å². The largest absolute Gasteiger partial charge is 0.393 e. The number of piperidine rings is 1. The van der Waals surface area contributed by atoms with Crippen molar-refractivity contribution in [2.24, 2.45) is 11.3 Å². The average Bonchev–Trinajstić information content (AvgIpc) is 2.83. The van der Waals surface area contributed by atoms with E-state index >= 15 is 0 Å². The number of amides is 1. The highest BCUT2D eigenvalue weighted by Gasteiger charge is 2.40. The Kier molecular flexibility index (Phi) is 7.23. The van der Waals surface area contributed by atoms with Gasteiger partial charge in [0.15, 0.2) is 0 Å². The van der Waals surface area contributed by atoms with Gasteiger partial charge in [-0.3, -0.25) is 4.79 Å². The van der Waals surface area contributed by atoms with Crippen molar-refractivity contribution in [2.45, 2.75) is 38.2 Å². The van der Waals surface area contributed by atoms with Gasteiger partial charge in [-0.25, -0.2) is 0 Å². The van der Waals surface area contributed by atoms with E-state index in [4.69, 9.17) is 4.74 Å². The summed E-state index contributed by atoms with van der Waals surface area (Å²) in [6.07, 6.45) is 4.34. The van der Waals surface area contributed by atoms with Crippen molar-refractivity contribution in [3.05, 3.63) is 0 Å². The van der Waals surface area contributed by atoms with Gasteiger partial charge in [-0.1, -0.05) is 6.42 Å². The smallest absolute Gasteiger partial charge is 0.228 e. The zero-order chi connectivity index (χ0) is 13.7. The van der Waals surface area contributed by atoms with E-state index in [9.17, 15) is 9.90 Å². The maximum absolute atomic E-state index is 12.5. The Morgan fingerprint density at radius 3 is 2.65 bits per heavy atom. The molecular weight excluding hydrogens is 280 g/mol. The highest BCUT2D eigenvalue weighted by atomic mass is 35.5. The summed E-state index contributed by atoms with van der Waals surface area (Å²) in [5, 5.41) is 16.1. The average molecular weight is 307 g/mol. The van der Waals surface area contributed by atoms with E-state index in [1.54, 1.807) is 7.11 Å². The summed E-state index contributed by atoms with van der Waals surface area (Å²) < 4.78 is 5.26. The first-order chi connectivity index (χ1) is 9.18. The minimum absolute atomic E-state index is 0. The van der Waals surface area contributed by atoms with Crippen LogP contribution in [0, 0.1) is 11.3 Å². The fourth-order valence-electron chi connectivity index (χ4n) is 3.29. The second kappa shape index (κ2) is 8.17. The molecule has 2 rings (SSSR count). The van der Waals surface area contributed by atoms with E-state index in [0.29, 0.717) is 13.2 Å². The molecule has 1 aliphatic carbocycles. The maximum atomic E-state index is 12.5. The van der Waals surface area contributed by atoms with Crippen LogP contribution in [0.3, 0.4) is 0 Å². The van der Waals surface area contributed by atoms with Crippen molar-refractivity contribution >= 4 is 18.3 Å². The van der Waals surface area contributed by atoms with Crippen LogP contribution in [-0.4, -0.2) is 50.5 Å². The van der Waals surface area contributed by atoms with Gasteiger partial charge < -0.3 is 20.5 Å². The molecule has 0 aromatic carbocycles. The Bertz CT molecular complexity index is 303. The molecule has 1 heterocycles. The zero-order valence-electron chi connectivity index (χ0n) is 12.2. The molecule has 0 spiro atoms. The Morgan fingerprint density at radius 2 is 2.10 bits per heavy atom. The zero-order valence-corrected chi connectivity index (χ0v) is 13.0. The third-order valence-electron chi connectivity index (χ3n) is 4.61. The van der Waals surface area contributed by atoms with Crippen molar-refractivity contribution in [2.75, 3.05) is 33.4 Å². The molecule has 1 aliphatic heterocycles. The number of hydrogen-bond donors (Lipinski definition) is 3. The quantitative estimate of drug-likeness (QED) is 0.699. The van der Waals surface area contributed by atoms with Crippen LogP contribution in [0.25, 0.3) is 0 Å². The number of halogens is 1. The van der Waals surface area contributed by atoms with E-state index in [0.717, 1.165) is 45.2 Å². The maximum Gasteiger partial charge on any atom is 0.228 e. The SMILES string of the molecule is COCC1(C(=O)NCC2CCCC2O)CCNCC1.Cl. The first-order valence-electron chi connectivity index (χ1n) is 7.34. The molecule has 5 nitrogen and oxygen atoms in total. The number of hydrogen-bond acceptors (Lipinski definition) is 4. The molecule has 2 unspecified atom stereocenters. The van der Waals surface area contributed by atoms with Gasteiger partial charge in [-0.2, -0.15) is 0 Å². The van der Waals surface area contributed by atoms with E-state index in [-0.39, 0.29) is 35.8 Å². The standard InChI is InChI=1S/C14H26N2O3.ClH/c1-19-10-14(5-7-15-8-6-14)13(18)16-9-11-3-2-4-12(11)17;/h11-12,15,17H,2-10H2,1H3,(H,16,18);1H. The van der Waals surface area contributed by atoms with Crippen molar-refractivity contribution in [3.8, 4) is 0 Å². The minimum Gasteiger partial charge on any atom is -0.393 e. The summed E-state index contributed by atoms with van der Waals surface area (Å²) in [4.78, 5) is 12.5. The molecule has 1 saturated heterocycles. The molecule has 118 valence electrons. The molecule has 0 aromatic rings. The van der Waals surface area contributed by atoms with Gasteiger partial charge >= 0.3 is 0 Å². The normalized spacial score (nSPS) is 28.7. The molecule has 2 atom stereocenters. The molecule has 0 bridgehead atoms. The second-order valence-electron chi connectivity index (χ2n) is 5.93. The number of aliphatic hydroxyl groups excluding tert-OH is 1. The number of carbonyl (C=O) groups excluding carboxylic acids is 1. The van der Waals surface area contributed by atoms with Crippen LogP contribution in [0.5, 0.6) is 0 Å². The highest BCUT2D eigenvalue weighted by molar-refractivity contribution is 5.85. The van der Waals surface area contributed by atoms with Gasteiger partial charge in [0, 0.05) is 19.6 Å². The minimum atomic E-state index is -0.385. The lowest BCUT2D eigenvalue weighted by Crippen LogP contribution is -2.51. The lowest BCUT2D eigenvalue weighted by molar-refractivity contribution is -0.136. The predicted octanol–water partition coefficient (Wildman–Crippen LogP) is 0.702. The molecule has 2 aliphatic rings. The third kappa shape index (κ3) is 4.07. The predicted molar refractivity (Wildman–Crippen MR) is 80.0 cm³/mol. The number of carbonyl (C=O) groups is 1. The molecule has 0 radical (unpaired) electrons. The Hall–Kier alpha value is -0.360. The summed E-state index contributed by atoms with van der Waals surface area (Å²) in [5.41, 5.74) is -0.385. The molecule has 1 saturated carbocycles. The van der Waals surface area contributed by atoms with E-state index in [2.05, 4.69) is 10.6 Å². The number of aliphatic hydroxyl groups is 1. The van der Waals surface area contributed by atoms with Crippen LogP contribution < -0.4 is 10.6 Å². The topological polar surface area (TPSA) is 70.6 Å². The molecular formula is C14H27ClN2O3. The Balaban J connectivity index is 0.00000200. The van der Waals surface area contributed by atoms with Crippen LogP contribution in [0.4, 0.5) is 0 Å². The number of rotatable bonds is 5. The monoisotopic (exact) mass is 306 g/mol. The third-order valence-corrected chi connectivity index (χ3v) is 4.61. The van der Waals surface area contributed by atoms with Gasteiger partial charge in [-0.15, -0.1) is 12.4 Å².